The molecule has 6 heteroatoms. The van der Waals surface area contributed by atoms with Gasteiger partial charge in [0.15, 0.2) is 11.6 Å². The number of methoxy groups -OCH3 is 1. The molecule has 16 heavy (non-hydrogen) atoms. The number of hydrogen-bond acceptors (Lipinski definition) is 3. The zero-order valence-corrected chi connectivity index (χ0v) is 8.98. The van der Waals surface area contributed by atoms with Crippen LogP contribution in [0.25, 0.3) is 0 Å². The SMILES string of the molecule is COC(=O)CC(=O)c1ccc(F)c(Cl)c1F. The van der Waals surface area contributed by atoms with Gasteiger partial charge in [-0.1, -0.05) is 11.6 Å². The fourth-order valence-corrected chi connectivity index (χ4v) is 1.20. The number of esters is 1. The standard InChI is InChI=1S/C10H7ClF2O3/c1-16-8(15)4-7(14)5-2-3-6(12)9(11)10(5)13/h2-3H,4H2,1H3. The van der Waals surface area contributed by atoms with Crippen LogP contribution in [0.3, 0.4) is 0 Å². The first-order chi connectivity index (χ1) is 7.47. The van der Waals surface area contributed by atoms with E-state index in [1.807, 2.05) is 0 Å². The second-order valence-corrected chi connectivity index (χ2v) is 3.28. The van der Waals surface area contributed by atoms with Crippen molar-refractivity contribution in [2.45, 2.75) is 6.42 Å². The number of ether oxygens (including phenoxy) is 1. The van der Waals surface area contributed by atoms with Crippen LogP contribution in [0.1, 0.15) is 16.8 Å². The molecular weight excluding hydrogens is 242 g/mol. The van der Waals surface area contributed by atoms with E-state index in [1.165, 1.54) is 0 Å². The monoisotopic (exact) mass is 248 g/mol. The Morgan fingerprint density at radius 1 is 1.38 bits per heavy atom. The second kappa shape index (κ2) is 5.03. The molecule has 0 radical (unpaired) electrons. The largest absolute Gasteiger partial charge is 0.469 e. The Labute approximate surface area is 95.0 Å². The van der Waals surface area contributed by atoms with Crippen LogP contribution in [0.5, 0.6) is 0 Å². The van der Waals surface area contributed by atoms with E-state index in [-0.39, 0.29) is 0 Å². The first kappa shape index (κ1) is 12.6. The smallest absolute Gasteiger partial charge is 0.313 e. The predicted octanol–water partition coefficient (Wildman–Crippen LogP) is 2.36. The lowest BCUT2D eigenvalue weighted by Gasteiger charge is -2.03. The topological polar surface area (TPSA) is 43.4 Å². The summed E-state index contributed by atoms with van der Waals surface area (Å²) in [5, 5.41) is -0.768. The van der Waals surface area contributed by atoms with E-state index in [4.69, 9.17) is 11.6 Å². The lowest BCUT2D eigenvalue weighted by molar-refractivity contribution is -0.139. The van der Waals surface area contributed by atoms with Crippen LogP contribution in [-0.4, -0.2) is 18.9 Å². The molecule has 0 saturated carbocycles. The number of carbonyl (C=O) groups excluding carboxylic acids is 2. The molecule has 1 aromatic rings. The van der Waals surface area contributed by atoms with Gasteiger partial charge in [0.25, 0.3) is 0 Å². The van der Waals surface area contributed by atoms with Crippen LogP contribution in [-0.2, 0) is 9.53 Å². The van der Waals surface area contributed by atoms with Crippen molar-refractivity contribution in [2.24, 2.45) is 0 Å². The molecule has 0 heterocycles. The Morgan fingerprint density at radius 2 is 2.00 bits per heavy atom. The molecule has 0 saturated heterocycles. The number of rotatable bonds is 3. The number of carbonyl (C=O) groups is 2. The van der Waals surface area contributed by atoms with Crippen LogP contribution in [0.4, 0.5) is 8.78 Å². The first-order valence-corrected chi connectivity index (χ1v) is 4.58. The number of halogens is 3. The summed E-state index contributed by atoms with van der Waals surface area (Å²) in [5.41, 5.74) is -0.434. The van der Waals surface area contributed by atoms with E-state index < -0.39 is 40.4 Å². The van der Waals surface area contributed by atoms with Gasteiger partial charge in [0.05, 0.1) is 12.7 Å². The van der Waals surface area contributed by atoms with Crippen molar-refractivity contribution in [1.82, 2.24) is 0 Å². The molecule has 3 nitrogen and oxygen atoms in total. The highest BCUT2D eigenvalue weighted by atomic mass is 35.5. The molecule has 0 atom stereocenters. The average molecular weight is 249 g/mol. The van der Waals surface area contributed by atoms with Crippen molar-refractivity contribution in [3.8, 4) is 0 Å². The number of Topliss-reactive ketones (excluding diaryl/α,β-unsaturated/α-hetero) is 1. The lowest BCUT2D eigenvalue weighted by Crippen LogP contribution is -2.11. The summed E-state index contributed by atoms with van der Waals surface area (Å²) >= 11 is 5.28. The third kappa shape index (κ3) is 2.55. The summed E-state index contributed by atoms with van der Waals surface area (Å²) in [7, 11) is 1.10. The van der Waals surface area contributed by atoms with Crippen molar-refractivity contribution < 1.29 is 23.1 Å². The van der Waals surface area contributed by atoms with E-state index in [0.29, 0.717) is 0 Å². The molecule has 0 aliphatic rings. The van der Waals surface area contributed by atoms with Gasteiger partial charge in [0.2, 0.25) is 0 Å². The quantitative estimate of drug-likeness (QED) is 0.357. The van der Waals surface area contributed by atoms with Crippen molar-refractivity contribution in [3.05, 3.63) is 34.4 Å². The molecule has 0 aliphatic heterocycles. The Hall–Kier alpha value is -1.49. The van der Waals surface area contributed by atoms with Gasteiger partial charge in [-0.2, -0.15) is 0 Å². The summed E-state index contributed by atoms with van der Waals surface area (Å²) in [5.74, 6) is -3.75. The molecule has 1 aromatic carbocycles. The third-order valence-electron chi connectivity index (χ3n) is 1.87. The summed E-state index contributed by atoms with van der Waals surface area (Å²) in [6, 6.07) is 1.79. The normalized spacial score (nSPS) is 10.0. The highest BCUT2D eigenvalue weighted by molar-refractivity contribution is 6.31. The highest BCUT2D eigenvalue weighted by Gasteiger charge is 2.19. The van der Waals surface area contributed by atoms with Gasteiger partial charge in [0, 0.05) is 0 Å². The van der Waals surface area contributed by atoms with Crippen molar-refractivity contribution in [1.29, 1.82) is 0 Å². The van der Waals surface area contributed by atoms with E-state index in [1.54, 1.807) is 0 Å². The minimum Gasteiger partial charge on any atom is -0.469 e. The maximum atomic E-state index is 13.3. The van der Waals surface area contributed by atoms with Crippen molar-refractivity contribution >= 4 is 23.4 Å². The summed E-state index contributed by atoms with van der Waals surface area (Å²) in [4.78, 5) is 22.2. The fraction of sp³-hybridized carbons (Fsp3) is 0.200. The van der Waals surface area contributed by atoms with E-state index in [9.17, 15) is 18.4 Å². The molecule has 0 fully saturated rings. The van der Waals surface area contributed by atoms with Gasteiger partial charge in [-0.15, -0.1) is 0 Å². The highest BCUT2D eigenvalue weighted by Crippen LogP contribution is 2.22. The van der Waals surface area contributed by atoms with Crippen LogP contribution >= 0.6 is 11.6 Å². The van der Waals surface area contributed by atoms with E-state index >= 15 is 0 Å². The van der Waals surface area contributed by atoms with Gasteiger partial charge in [-0.25, -0.2) is 8.78 Å². The molecule has 0 spiro atoms. The second-order valence-electron chi connectivity index (χ2n) is 2.90. The minimum atomic E-state index is -1.17. The lowest BCUT2D eigenvalue weighted by atomic mass is 10.1. The van der Waals surface area contributed by atoms with Crippen LogP contribution in [0.15, 0.2) is 12.1 Å². The molecule has 0 unspecified atom stereocenters. The van der Waals surface area contributed by atoms with Crippen molar-refractivity contribution in [3.63, 3.8) is 0 Å². The molecule has 0 bridgehead atoms. The maximum absolute atomic E-state index is 13.3. The Balaban J connectivity index is 3.01. The number of benzene rings is 1. The van der Waals surface area contributed by atoms with Crippen LogP contribution in [0, 0.1) is 11.6 Å². The maximum Gasteiger partial charge on any atom is 0.313 e. The van der Waals surface area contributed by atoms with E-state index in [0.717, 1.165) is 19.2 Å². The summed E-state index contributed by atoms with van der Waals surface area (Å²) in [6.07, 6.45) is -0.616. The number of ketones is 1. The molecule has 1 rings (SSSR count). The van der Waals surface area contributed by atoms with Crippen LogP contribution < -0.4 is 0 Å². The summed E-state index contributed by atoms with van der Waals surface area (Å²) < 4.78 is 30.3. The van der Waals surface area contributed by atoms with Gasteiger partial charge in [0.1, 0.15) is 17.3 Å². The Morgan fingerprint density at radius 3 is 2.56 bits per heavy atom. The predicted molar refractivity (Wildman–Crippen MR) is 52.3 cm³/mol. The average Bonchev–Trinajstić information content (AvgIpc) is 2.25. The molecule has 0 aliphatic carbocycles. The van der Waals surface area contributed by atoms with Gasteiger partial charge in [-0.05, 0) is 12.1 Å². The third-order valence-corrected chi connectivity index (χ3v) is 2.21. The zero-order chi connectivity index (χ0) is 12.3. The minimum absolute atomic E-state index is 0.434. The van der Waals surface area contributed by atoms with Crippen molar-refractivity contribution in [2.75, 3.05) is 7.11 Å². The van der Waals surface area contributed by atoms with Gasteiger partial charge in [-0.3, -0.25) is 9.59 Å². The van der Waals surface area contributed by atoms with Gasteiger partial charge >= 0.3 is 5.97 Å². The van der Waals surface area contributed by atoms with Gasteiger partial charge < -0.3 is 4.74 Å². The molecule has 0 amide bonds. The summed E-state index contributed by atoms with van der Waals surface area (Å²) in [6.45, 7) is 0. The molecule has 0 aromatic heterocycles. The molecule has 0 N–H and O–H groups in total. The first-order valence-electron chi connectivity index (χ1n) is 4.21. The zero-order valence-electron chi connectivity index (χ0n) is 8.22. The fourth-order valence-electron chi connectivity index (χ4n) is 1.04. The van der Waals surface area contributed by atoms with Crippen LogP contribution in [0.2, 0.25) is 5.02 Å². The molecular formula is C10H7ClF2O3. The number of hydrogen-bond donors (Lipinski definition) is 0. The Kier molecular flexibility index (Phi) is 3.95. The Bertz CT molecular complexity index is 446. The molecule has 86 valence electrons. The van der Waals surface area contributed by atoms with E-state index in [2.05, 4.69) is 4.74 Å².